The van der Waals surface area contributed by atoms with Crippen LogP contribution in [-0.2, 0) is 10.8 Å². The average molecular weight is 257 g/mol. The molecule has 16 heavy (non-hydrogen) atoms. The Hall–Kier alpha value is -1.01. The van der Waals surface area contributed by atoms with Gasteiger partial charge in [0.1, 0.15) is 0 Å². The first-order valence-electron chi connectivity index (χ1n) is 4.62. The SMILES string of the molecule is CSNc1ccc(N=C(C)N)c(S(C)=O)c1. The van der Waals surface area contributed by atoms with E-state index in [-0.39, 0.29) is 0 Å². The first kappa shape index (κ1) is 13.1. The molecule has 0 aliphatic heterocycles. The molecule has 1 atom stereocenters. The topological polar surface area (TPSA) is 67.5 Å². The van der Waals surface area contributed by atoms with Gasteiger partial charge in [0.2, 0.25) is 0 Å². The minimum atomic E-state index is -1.08. The summed E-state index contributed by atoms with van der Waals surface area (Å²) < 4.78 is 14.7. The van der Waals surface area contributed by atoms with Crippen LogP contribution in [0.25, 0.3) is 0 Å². The second-order valence-electron chi connectivity index (χ2n) is 3.20. The van der Waals surface area contributed by atoms with Gasteiger partial charge < -0.3 is 10.5 Å². The molecule has 0 spiro atoms. The van der Waals surface area contributed by atoms with Crippen molar-refractivity contribution in [2.45, 2.75) is 11.8 Å². The molecule has 1 aromatic carbocycles. The van der Waals surface area contributed by atoms with Crippen LogP contribution in [0, 0.1) is 0 Å². The summed E-state index contributed by atoms with van der Waals surface area (Å²) in [6.45, 7) is 1.70. The Bertz CT molecular complexity index is 428. The summed E-state index contributed by atoms with van der Waals surface area (Å²) in [5, 5.41) is 0. The van der Waals surface area contributed by atoms with E-state index in [1.54, 1.807) is 13.2 Å². The molecule has 0 fully saturated rings. The number of hydrogen-bond acceptors (Lipinski definition) is 4. The third kappa shape index (κ3) is 3.53. The zero-order valence-electron chi connectivity index (χ0n) is 9.48. The van der Waals surface area contributed by atoms with Crippen LogP contribution in [0.5, 0.6) is 0 Å². The summed E-state index contributed by atoms with van der Waals surface area (Å²) in [6.07, 6.45) is 3.56. The number of anilines is 1. The maximum atomic E-state index is 11.6. The fourth-order valence-electron chi connectivity index (χ4n) is 1.21. The highest BCUT2D eigenvalue weighted by Gasteiger charge is 2.06. The van der Waals surface area contributed by atoms with Crippen molar-refractivity contribution in [2.75, 3.05) is 17.2 Å². The summed E-state index contributed by atoms with van der Waals surface area (Å²) in [6, 6.07) is 5.52. The lowest BCUT2D eigenvalue weighted by molar-refractivity contribution is 0.687. The van der Waals surface area contributed by atoms with Crippen molar-refractivity contribution >= 4 is 40.0 Å². The van der Waals surface area contributed by atoms with E-state index in [0.717, 1.165) is 5.69 Å². The van der Waals surface area contributed by atoms with Crippen molar-refractivity contribution in [1.29, 1.82) is 0 Å². The fourth-order valence-corrected chi connectivity index (χ4v) is 2.27. The molecule has 1 aromatic rings. The van der Waals surface area contributed by atoms with Crippen LogP contribution >= 0.6 is 11.9 Å². The quantitative estimate of drug-likeness (QED) is 0.492. The van der Waals surface area contributed by atoms with Gasteiger partial charge in [-0.2, -0.15) is 0 Å². The number of nitrogens with two attached hydrogens (primary N) is 1. The van der Waals surface area contributed by atoms with Gasteiger partial charge in [-0.25, -0.2) is 4.99 Å². The highest BCUT2D eigenvalue weighted by Crippen LogP contribution is 2.26. The van der Waals surface area contributed by atoms with Crippen LogP contribution in [0.2, 0.25) is 0 Å². The predicted molar refractivity (Wildman–Crippen MR) is 72.9 cm³/mol. The molecule has 0 amide bonds. The van der Waals surface area contributed by atoms with E-state index in [1.165, 1.54) is 11.9 Å². The molecule has 0 aromatic heterocycles. The van der Waals surface area contributed by atoms with Crippen LogP contribution in [0.4, 0.5) is 11.4 Å². The highest BCUT2D eigenvalue weighted by atomic mass is 32.2. The van der Waals surface area contributed by atoms with Gasteiger partial charge in [0, 0.05) is 18.2 Å². The summed E-state index contributed by atoms with van der Waals surface area (Å²) in [5.74, 6) is 0.456. The molecule has 0 aliphatic carbocycles. The molecule has 0 bridgehead atoms. The zero-order chi connectivity index (χ0) is 12.1. The summed E-state index contributed by atoms with van der Waals surface area (Å²) in [5.41, 5.74) is 7.09. The summed E-state index contributed by atoms with van der Waals surface area (Å²) >= 11 is 1.49. The number of benzene rings is 1. The lowest BCUT2D eigenvalue weighted by Gasteiger charge is -2.07. The van der Waals surface area contributed by atoms with Crippen molar-refractivity contribution < 1.29 is 4.21 Å². The number of hydrogen-bond donors (Lipinski definition) is 2. The molecule has 0 aliphatic rings. The Balaban J connectivity index is 3.19. The van der Waals surface area contributed by atoms with Crippen LogP contribution in [0.3, 0.4) is 0 Å². The third-order valence-corrected chi connectivity index (χ3v) is 3.17. The van der Waals surface area contributed by atoms with Crippen molar-refractivity contribution in [3.63, 3.8) is 0 Å². The van der Waals surface area contributed by atoms with E-state index in [1.807, 2.05) is 24.5 Å². The minimum absolute atomic E-state index is 0.456. The largest absolute Gasteiger partial charge is 0.387 e. The van der Waals surface area contributed by atoms with Gasteiger partial charge in [0.05, 0.1) is 27.2 Å². The Kier molecular flexibility index (Phi) is 4.82. The molecule has 88 valence electrons. The number of amidine groups is 1. The molecule has 1 rings (SSSR count). The van der Waals surface area contributed by atoms with Crippen LogP contribution in [0.1, 0.15) is 6.92 Å². The van der Waals surface area contributed by atoms with Crippen molar-refractivity contribution in [3.8, 4) is 0 Å². The predicted octanol–water partition coefficient (Wildman–Crippen LogP) is 2.12. The molecule has 6 heteroatoms. The van der Waals surface area contributed by atoms with Crippen LogP contribution < -0.4 is 10.5 Å². The molecule has 0 saturated carbocycles. The second kappa shape index (κ2) is 5.91. The van der Waals surface area contributed by atoms with E-state index in [4.69, 9.17) is 5.73 Å². The van der Waals surface area contributed by atoms with Gasteiger partial charge in [-0.3, -0.25) is 4.21 Å². The van der Waals surface area contributed by atoms with E-state index >= 15 is 0 Å². The van der Waals surface area contributed by atoms with Crippen molar-refractivity contribution in [2.24, 2.45) is 10.7 Å². The standard InChI is InChI=1S/C10H15N3OS2/c1-7(11)12-9-5-4-8(13-15-2)6-10(9)16(3)14/h4-6,13H,1-3H3,(H2,11,12). The van der Waals surface area contributed by atoms with E-state index in [0.29, 0.717) is 16.4 Å². The van der Waals surface area contributed by atoms with Gasteiger partial charge in [-0.1, -0.05) is 11.9 Å². The Morgan fingerprint density at radius 1 is 1.56 bits per heavy atom. The first-order valence-corrected chi connectivity index (χ1v) is 7.40. The average Bonchev–Trinajstić information content (AvgIpc) is 2.19. The van der Waals surface area contributed by atoms with Crippen LogP contribution in [-0.4, -0.2) is 22.6 Å². The third-order valence-electron chi connectivity index (χ3n) is 1.79. The lowest BCUT2D eigenvalue weighted by Crippen LogP contribution is -2.04. The van der Waals surface area contributed by atoms with Gasteiger partial charge in [-0.15, -0.1) is 0 Å². The van der Waals surface area contributed by atoms with E-state index < -0.39 is 10.8 Å². The second-order valence-corrected chi connectivity index (χ2v) is 5.16. The first-order chi connectivity index (χ1) is 7.54. The van der Waals surface area contributed by atoms with E-state index in [9.17, 15) is 4.21 Å². The molecule has 4 nitrogen and oxygen atoms in total. The minimum Gasteiger partial charge on any atom is -0.387 e. The molecule has 0 radical (unpaired) electrons. The molecule has 0 heterocycles. The Labute approximate surface area is 102 Å². The van der Waals surface area contributed by atoms with E-state index in [2.05, 4.69) is 9.71 Å². The molecular formula is C10H15N3OS2. The smallest absolute Gasteiger partial charge is 0.0965 e. The highest BCUT2D eigenvalue weighted by molar-refractivity contribution is 7.99. The molecule has 1 unspecified atom stereocenters. The van der Waals surface area contributed by atoms with Gasteiger partial charge in [0.25, 0.3) is 0 Å². The van der Waals surface area contributed by atoms with Gasteiger partial charge >= 0.3 is 0 Å². The number of nitrogens with zero attached hydrogens (tertiary/aromatic N) is 1. The molecule has 3 N–H and O–H groups in total. The summed E-state index contributed by atoms with van der Waals surface area (Å²) in [4.78, 5) is 4.83. The fraction of sp³-hybridized carbons (Fsp3) is 0.300. The van der Waals surface area contributed by atoms with Crippen LogP contribution in [0.15, 0.2) is 28.1 Å². The van der Waals surface area contributed by atoms with Crippen molar-refractivity contribution in [3.05, 3.63) is 18.2 Å². The normalized spacial score (nSPS) is 13.6. The monoisotopic (exact) mass is 257 g/mol. The molecular weight excluding hydrogens is 242 g/mol. The summed E-state index contributed by atoms with van der Waals surface area (Å²) in [7, 11) is -1.08. The number of nitrogens with one attached hydrogen (secondary N) is 1. The zero-order valence-corrected chi connectivity index (χ0v) is 11.1. The maximum absolute atomic E-state index is 11.6. The van der Waals surface area contributed by atoms with Crippen molar-refractivity contribution in [1.82, 2.24) is 0 Å². The number of aliphatic imine (C=N–C) groups is 1. The molecule has 0 saturated heterocycles. The van der Waals surface area contributed by atoms with Gasteiger partial charge in [0.15, 0.2) is 0 Å². The Morgan fingerprint density at radius 2 is 2.25 bits per heavy atom. The Morgan fingerprint density at radius 3 is 2.75 bits per heavy atom. The number of rotatable bonds is 4. The van der Waals surface area contributed by atoms with Gasteiger partial charge in [-0.05, 0) is 25.1 Å². The maximum Gasteiger partial charge on any atom is 0.0965 e. The lowest BCUT2D eigenvalue weighted by atomic mass is 10.3.